The fourth-order valence-electron chi connectivity index (χ4n) is 1.93. The van der Waals surface area contributed by atoms with E-state index in [0.717, 1.165) is 0 Å². The van der Waals surface area contributed by atoms with E-state index in [4.69, 9.17) is 20.7 Å². The number of fused-ring (bicyclic) bond motifs is 1. The molecule has 1 heterocycles. The van der Waals surface area contributed by atoms with Gasteiger partial charge in [0.1, 0.15) is 5.54 Å². The molecule has 1 aliphatic heterocycles. The quantitative estimate of drug-likeness (QED) is 0.485. The minimum atomic E-state index is -1.51. The molecule has 1 aliphatic carbocycles. The Morgan fingerprint density at radius 1 is 1.46 bits per heavy atom. The first-order valence-electron chi connectivity index (χ1n) is 3.85. The van der Waals surface area contributed by atoms with E-state index in [2.05, 4.69) is 0 Å². The highest BCUT2D eigenvalue weighted by Crippen LogP contribution is 2.53. The molecule has 0 aromatic carbocycles. The fourth-order valence-corrected chi connectivity index (χ4v) is 1.93. The monoisotopic (exact) mass is 187 g/mol. The first kappa shape index (κ1) is 8.46. The zero-order valence-corrected chi connectivity index (χ0v) is 6.64. The second kappa shape index (κ2) is 2.21. The zero-order valence-electron chi connectivity index (χ0n) is 6.64. The Kier molecular flexibility index (Phi) is 1.44. The molecule has 2 fully saturated rings. The molecule has 0 spiro atoms. The van der Waals surface area contributed by atoms with Crippen LogP contribution in [0.4, 0.5) is 0 Å². The normalized spacial score (nSPS) is 47.0. The second-order valence-electron chi connectivity index (χ2n) is 3.51. The van der Waals surface area contributed by atoms with Crippen molar-refractivity contribution in [1.82, 2.24) is 0 Å². The smallest absolute Gasteiger partial charge is 0.326 e. The first-order chi connectivity index (χ1) is 5.98. The van der Waals surface area contributed by atoms with Gasteiger partial charge in [-0.1, -0.05) is 0 Å². The van der Waals surface area contributed by atoms with Gasteiger partial charge in [0.2, 0.25) is 0 Å². The minimum absolute atomic E-state index is 0.0958. The minimum Gasteiger partial charge on any atom is -0.481 e. The summed E-state index contributed by atoms with van der Waals surface area (Å²) in [7, 11) is 0. The van der Waals surface area contributed by atoms with E-state index in [-0.39, 0.29) is 6.61 Å². The SMILES string of the molecule is N[C@]1(C(=O)O)CO[C@@H]2[C@H](C(=O)O)[C@@H]21. The Bertz CT molecular complexity index is 291. The largest absolute Gasteiger partial charge is 0.481 e. The molecule has 72 valence electrons. The Morgan fingerprint density at radius 3 is 2.46 bits per heavy atom. The Hall–Kier alpha value is -1.14. The number of carboxylic acids is 2. The van der Waals surface area contributed by atoms with Crippen molar-refractivity contribution in [2.24, 2.45) is 17.6 Å². The number of hydrogen-bond donors (Lipinski definition) is 3. The molecule has 0 aromatic heterocycles. The molecule has 0 unspecified atom stereocenters. The standard InChI is InChI=1S/C7H9NO5/c8-7(6(11)12)1-13-4-2(3(4)7)5(9)10/h2-4H,1,8H2,(H,9,10)(H,11,12)/t2-,3+,4-,7-/m1/s1. The van der Waals surface area contributed by atoms with Crippen LogP contribution in [0.2, 0.25) is 0 Å². The van der Waals surface area contributed by atoms with Gasteiger partial charge in [-0.15, -0.1) is 0 Å². The van der Waals surface area contributed by atoms with E-state index in [1.807, 2.05) is 0 Å². The van der Waals surface area contributed by atoms with Gasteiger partial charge >= 0.3 is 11.9 Å². The lowest BCUT2D eigenvalue weighted by atomic mass is 9.95. The van der Waals surface area contributed by atoms with Crippen LogP contribution in [-0.4, -0.2) is 40.4 Å². The van der Waals surface area contributed by atoms with Crippen LogP contribution in [0.3, 0.4) is 0 Å². The molecular formula is C7H9NO5. The molecule has 0 bridgehead atoms. The topological polar surface area (TPSA) is 110 Å². The molecule has 2 rings (SSSR count). The van der Waals surface area contributed by atoms with Crippen LogP contribution in [-0.2, 0) is 14.3 Å². The van der Waals surface area contributed by atoms with Crippen LogP contribution in [0.15, 0.2) is 0 Å². The van der Waals surface area contributed by atoms with E-state index in [1.165, 1.54) is 0 Å². The van der Waals surface area contributed by atoms with Crippen LogP contribution in [0.25, 0.3) is 0 Å². The van der Waals surface area contributed by atoms with Crippen LogP contribution in [0.5, 0.6) is 0 Å². The summed E-state index contributed by atoms with van der Waals surface area (Å²) >= 11 is 0. The summed E-state index contributed by atoms with van der Waals surface area (Å²) in [6, 6.07) is 0. The van der Waals surface area contributed by atoms with Crippen LogP contribution >= 0.6 is 0 Å². The highest BCUT2D eigenvalue weighted by molar-refractivity contribution is 5.85. The van der Waals surface area contributed by atoms with Gasteiger partial charge in [-0.3, -0.25) is 9.59 Å². The van der Waals surface area contributed by atoms with Crippen LogP contribution in [0.1, 0.15) is 0 Å². The Labute approximate surface area is 73.3 Å². The average molecular weight is 187 g/mol. The molecule has 4 atom stereocenters. The van der Waals surface area contributed by atoms with Crippen molar-refractivity contribution in [2.45, 2.75) is 11.6 Å². The molecule has 6 nitrogen and oxygen atoms in total. The van der Waals surface area contributed by atoms with Gasteiger partial charge in [-0.25, -0.2) is 0 Å². The van der Waals surface area contributed by atoms with Crippen molar-refractivity contribution in [2.75, 3.05) is 6.61 Å². The van der Waals surface area contributed by atoms with Gasteiger partial charge < -0.3 is 20.7 Å². The maximum Gasteiger partial charge on any atom is 0.326 e. The third-order valence-corrected chi connectivity index (χ3v) is 2.75. The van der Waals surface area contributed by atoms with Crippen molar-refractivity contribution in [3.8, 4) is 0 Å². The summed E-state index contributed by atoms with van der Waals surface area (Å²) in [5, 5.41) is 17.4. The Morgan fingerprint density at radius 2 is 2.08 bits per heavy atom. The molecule has 1 saturated heterocycles. The number of carboxylic acid groups (broad SMARTS) is 2. The summed E-state index contributed by atoms with van der Waals surface area (Å²) in [6.45, 7) is -0.0958. The third-order valence-electron chi connectivity index (χ3n) is 2.75. The van der Waals surface area contributed by atoms with Gasteiger partial charge in [-0.05, 0) is 0 Å². The summed E-state index contributed by atoms with van der Waals surface area (Å²) in [5.41, 5.74) is 4.02. The fraction of sp³-hybridized carbons (Fsp3) is 0.714. The second-order valence-corrected chi connectivity index (χ2v) is 3.51. The van der Waals surface area contributed by atoms with Gasteiger partial charge in [0, 0.05) is 5.92 Å². The predicted octanol–water partition coefficient (Wildman–Crippen LogP) is -1.50. The molecular weight excluding hydrogens is 178 g/mol. The maximum atomic E-state index is 10.7. The van der Waals surface area contributed by atoms with Crippen LogP contribution < -0.4 is 5.73 Å². The van der Waals surface area contributed by atoms with Crippen LogP contribution in [0, 0.1) is 11.8 Å². The van der Waals surface area contributed by atoms with Gasteiger partial charge in [0.05, 0.1) is 18.6 Å². The number of ether oxygens (including phenoxy) is 1. The molecule has 0 aromatic rings. The van der Waals surface area contributed by atoms with E-state index in [0.29, 0.717) is 0 Å². The maximum absolute atomic E-state index is 10.7. The lowest BCUT2D eigenvalue weighted by Crippen LogP contribution is -2.52. The van der Waals surface area contributed by atoms with Crippen molar-refractivity contribution < 1.29 is 24.5 Å². The molecule has 4 N–H and O–H groups in total. The van der Waals surface area contributed by atoms with Gasteiger partial charge in [-0.2, -0.15) is 0 Å². The summed E-state index contributed by atoms with van der Waals surface area (Å²) < 4.78 is 4.99. The van der Waals surface area contributed by atoms with Gasteiger partial charge in [0.25, 0.3) is 0 Å². The average Bonchev–Trinajstić information content (AvgIpc) is 2.66. The molecule has 6 heteroatoms. The number of rotatable bonds is 2. The molecule has 1 saturated carbocycles. The third kappa shape index (κ3) is 0.895. The highest BCUT2D eigenvalue weighted by Gasteiger charge is 2.72. The lowest BCUT2D eigenvalue weighted by Gasteiger charge is -2.19. The number of carbonyl (C=O) groups is 2. The van der Waals surface area contributed by atoms with E-state index in [9.17, 15) is 9.59 Å². The lowest BCUT2D eigenvalue weighted by molar-refractivity contribution is -0.147. The van der Waals surface area contributed by atoms with Crippen molar-refractivity contribution >= 4 is 11.9 Å². The highest BCUT2D eigenvalue weighted by atomic mass is 16.5. The first-order valence-corrected chi connectivity index (χ1v) is 3.85. The van der Waals surface area contributed by atoms with Crippen molar-refractivity contribution in [1.29, 1.82) is 0 Å². The summed E-state index contributed by atoms with van der Waals surface area (Å²) in [5.74, 6) is -3.54. The number of hydrogen-bond acceptors (Lipinski definition) is 4. The van der Waals surface area contributed by atoms with Gasteiger partial charge in [0.15, 0.2) is 0 Å². The Balaban J connectivity index is 2.20. The summed E-state index contributed by atoms with van der Waals surface area (Å²) in [6.07, 6.45) is -0.501. The molecule has 2 aliphatic rings. The van der Waals surface area contributed by atoms with E-state index < -0.39 is 35.4 Å². The van der Waals surface area contributed by atoms with Crippen molar-refractivity contribution in [3.63, 3.8) is 0 Å². The number of nitrogens with two attached hydrogens (primary N) is 1. The predicted molar refractivity (Wildman–Crippen MR) is 38.9 cm³/mol. The molecule has 0 amide bonds. The summed E-state index contributed by atoms with van der Waals surface area (Å²) in [4.78, 5) is 21.3. The number of aliphatic carboxylic acids is 2. The van der Waals surface area contributed by atoms with Crippen molar-refractivity contribution in [3.05, 3.63) is 0 Å². The van der Waals surface area contributed by atoms with E-state index >= 15 is 0 Å². The van der Waals surface area contributed by atoms with E-state index in [1.54, 1.807) is 0 Å². The molecule has 0 radical (unpaired) electrons. The zero-order chi connectivity index (χ0) is 9.80. The molecule has 13 heavy (non-hydrogen) atoms.